The molecule has 0 aliphatic carbocycles. The molecule has 52 valence electrons. The van der Waals surface area contributed by atoms with E-state index in [-0.39, 0.29) is 0 Å². The van der Waals surface area contributed by atoms with E-state index in [4.69, 9.17) is 23.2 Å². The zero-order chi connectivity index (χ0) is 7.28. The first kappa shape index (κ1) is 9.58. The second-order valence-electron chi connectivity index (χ2n) is 1.53. The van der Waals surface area contributed by atoms with Crippen LogP contribution >= 0.6 is 23.2 Å². The van der Waals surface area contributed by atoms with Crippen molar-refractivity contribution in [1.29, 1.82) is 0 Å². The summed E-state index contributed by atoms with van der Waals surface area (Å²) in [6, 6.07) is 0. The molecule has 0 saturated carbocycles. The van der Waals surface area contributed by atoms with E-state index >= 15 is 0 Å². The van der Waals surface area contributed by atoms with Gasteiger partial charge in [0.05, 0.1) is 0 Å². The van der Waals surface area contributed by atoms with Crippen LogP contribution in [0.5, 0.6) is 0 Å². The van der Waals surface area contributed by atoms with E-state index < -0.39 is 0 Å². The summed E-state index contributed by atoms with van der Waals surface area (Å²) in [5.41, 5.74) is 0. The van der Waals surface area contributed by atoms with Gasteiger partial charge in [-0.1, -0.05) is 0 Å². The predicted molar refractivity (Wildman–Crippen MR) is 45.4 cm³/mol. The Morgan fingerprint density at radius 2 is 1.44 bits per heavy atom. The van der Waals surface area contributed by atoms with Gasteiger partial charge in [0.15, 0.2) is 0 Å². The van der Waals surface area contributed by atoms with Crippen molar-refractivity contribution in [2.45, 2.75) is 10.6 Å². The van der Waals surface area contributed by atoms with E-state index in [2.05, 4.69) is 13.2 Å². The molecular formula is C6H8Cl2Se. The van der Waals surface area contributed by atoms with Crippen LogP contribution < -0.4 is 0 Å². The van der Waals surface area contributed by atoms with Gasteiger partial charge in [0, 0.05) is 0 Å². The Bertz CT molecular complexity index is 106. The van der Waals surface area contributed by atoms with Crippen molar-refractivity contribution in [3.8, 4) is 0 Å². The fraction of sp³-hybridized carbons (Fsp3) is 0.333. The van der Waals surface area contributed by atoms with Crippen LogP contribution in [0.4, 0.5) is 0 Å². The van der Waals surface area contributed by atoms with Crippen molar-refractivity contribution >= 4 is 38.2 Å². The van der Waals surface area contributed by atoms with Crippen molar-refractivity contribution in [2.24, 2.45) is 0 Å². The second kappa shape index (κ2) is 5.37. The summed E-state index contributed by atoms with van der Waals surface area (Å²) in [5.74, 6) is 0. The molecule has 0 atom stereocenters. The van der Waals surface area contributed by atoms with Crippen molar-refractivity contribution in [1.82, 2.24) is 0 Å². The number of allylic oxidation sites excluding steroid dienone is 2. The molecule has 0 rings (SSSR count). The summed E-state index contributed by atoms with van der Waals surface area (Å²) in [6.07, 6.45) is 0. The summed E-state index contributed by atoms with van der Waals surface area (Å²) in [7, 11) is 0. The Balaban J connectivity index is 3.10. The molecule has 0 aromatic rings. The first-order valence-corrected chi connectivity index (χ1v) is 5.55. The van der Waals surface area contributed by atoms with Crippen LogP contribution in [0, 0.1) is 0 Å². The minimum absolute atomic E-state index is 0.456. The van der Waals surface area contributed by atoms with Gasteiger partial charge < -0.3 is 0 Å². The van der Waals surface area contributed by atoms with E-state index in [9.17, 15) is 0 Å². The zero-order valence-electron chi connectivity index (χ0n) is 4.99. The number of rotatable bonds is 4. The van der Waals surface area contributed by atoms with E-state index in [0.717, 1.165) is 10.6 Å². The standard InChI is InChI=1S/C6H8Cl2Se/c1-5(7)3-9-4-6(2)8/h1-4H2. The van der Waals surface area contributed by atoms with Gasteiger partial charge in [0.2, 0.25) is 0 Å². The van der Waals surface area contributed by atoms with Crippen molar-refractivity contribution < 1.29 is 0 Å². The fourth-order valence-corrected chi connectivity index (χ4v) is 2.22. The Hall–Kier alpha value is 0.579. The van der Waals surface area contributed by atoms with Gasteiger partial charge in [0.1, 0.15) is 0 Å². The third kappa shape index (κ3) is 8.58. The summed E-state index contributed by atoms with van der Waals surface area (Å²) >= 11 is 11.5. The molecule has 0 heterocycles. The van der Waals surface area contributed by atoms with Crippen molar-refractivity contribution in [3.05, 3.63) is 23.2 Å². The Kier molecular flexibility index (Phi) is 5.72. The fourth-order valence-electron chi connectivity index (χ4n) is 0.273. The van der Waals surface area contributed by atoms with Gasteiger partial charge >= 0.3 is 72.0 Å². The average Bonchev–Trinajstić information content (AvgIpc) is 1.63. The van der Waals surface area contributed by atoms with Gasteiger partial charge in [-0.2, -0.15) is 0 Å². The molecule has 0 aliphatic heterocycles. The topological polar surface area (TPSA) is 0 Å². The van der Waals surface area contributed by atoms with Gasteiger partial charge in [-0.15, -0.1) is 0 Å². The molecular weight excluding hydrogens is 222 g/mol. The predicted octanol–water partition coefficient (Wildman–Crippen LogP) is 3.03. The van der Waals surface area contributed by atoms with Crippen LogP contribution in [-0.2, 0) is 0 Å². The van der Waals surface area contributed by atoms with E-state index in [0.29, 0.717) is 25.0 Å². The maximum atomic E-state index is 5.51. The van der Waals surface area contributed by atoms with Crippen molar-refractivity contribution in [2.75, 3.05) is 0 Å². The van der Waals surface area contributed by atoms with Crippen LogP contribution in [0.3, 0.4) is 0 Å². The number of hydrogen-bond donors (Lipinski definition) is 0. The van der Waals surface area contributed by atoms with Crippen LogP contribution in [-0.4, -0.2) is 15.0 Å². The first-order chi connectivity index (χ1) is 4.13. The molecule has 0 aromatic heterocycles. The molecule has 0 aliphatic rings. The summed E-state index contributed by atoms with van der Waals surface area (Å²) in [4.78, 5) is 0. The molecule has 0 amide bonds. The molecule has 0 unspecified atom stereocenters. The Labute approximate surface area is 72.1 Å². The van der Waals surface area contributed by atoms with Gasteiger partial charge in [-0.3, -0.25) is 0 Å². The molecule has 0 spiro atoms. The molecule has 0 N–H and O–H groups in total. The van der Waals surface area contributed by atoms with E-state index in [1.165, 1.54) is 0 Å². The van der Waals surface area contributed by atoms with Crippen LogP contribution in [0.15, 0.2) is 23.2 Å². The summed E-state index contributed by atoms with van der Waals surface area (Å²) < 4.78 is 0. The maximum absolute atomic E-state index is 5.51. The zero-order valence-corrected chi connectivity index (χ0v) is 8.22. The van der Waals surface area contributed by atoms with E-state index in [1.807, 2.05) is 0 Å². The van der Waals surface area contributed by atoms with E-state index in [1.54, 1.807) is 0 Å². The number of halogens is 2. The first-order valence-electron chi connectivity index (χ1n) is 2.37. The van der Waals surface area contributed by atoms with Crippen molar-refractivity contribution in [3.63, 3.8) is 0 Å². The third-order valence-corrected chi connectivity index (χ3v) is 3.82. The molecule has 3 heteroatoms. The monoisotopic (exact) mass is 230 g/mol. The second-order valence-corrected chi connectivity index (χ2v) is 4.66. The molecule has 0 bridgehead atoms. The molecule has 0 nitrogen and oxygen atoms in total. The SMILES string of the molecule is C=C(Cl)C[Se]CC(=C)Cl. The molecule has 9 heavy (non-hydrogen) atoms. The Morgan fingerprint density at radius 1 is 1.11 bits per heavy atom. The van der Waals surface area contributed by atoms with Gasteiger partial charge in [0.25, 0.3) is 0 Å². The Morgan fingerprint density at radius 3 is 1.67 bits per heavy atom. The number of hydrogen-bond acceptors (Lipinski definition) is 0. The quantitative estimate of drug-likeness (QED) is 0.651. The third-order valence-electron chi connectivity index (χ3n) is 0.517. The van der Waals surface area contributed by atoms with Crippen LogP contribution in [0.1, 0.15) is 0 Å². The normalized spacial score (nSPS) is 9.11. The van der Waals surface area contributed by atoms with Crippen LogP contribution in [0.25, 0.3) is 0 Å². The minimum atomic E-state index is 0.456. The molecule has 0 fully saturated rings. The molecule has 0 radical (unpaired) electrons. The van der Waals surface area contributed by atoms with Gasteiger partial charge in [-0.25, -0.2) is 0 Å². The molecule has 0 aromatic carbocycles. The average molecular weight is 230 g/mol. The summed E-state index contributed by atoms with van der Waals surface area (Å²) in [6.45, 7) is 7.12. The van der Waals surface area contributed by atoms with Gasteiger partial charge in [-0.05, 0) is 0 Å². The summed E-state index contributed by atoms with van der Waals surface area (Å²) in [5, 5.41) is 3.21. The molecule has 0 saturated heterocycles. The van der Waals surface area contributed by atoms with Crippen LogP contribution in [0.2, 0.25) is 10.6 Å².